The summed E-state index contributed by atoms with van der Waals surface area (Å²) in [4.78, 5) is 12.4. The third kappa shape index (κ3) is 4.21. The van der Waals surface area contributed by atoms with Crippen molar-refractivity contribution in [3.63, 3.8) is 0 Å². The van der Waals surface area contributed by atoms with Crippen molar-refractivity contribution < 1.29 is 0 Å². The van der Waals surface area contributed by atoms with Crippen LogP contribution in [0.3, 0.4) is 0 Å². The first-order valence-electron chi connectivity index (χ1n) is 16.6. The van der Waals surface area contributed by atoms with Gasteiger partial charge in [0, 0.05) is 32.0 Å². The summed E-state index contributed by atoms with van der Waals surface area (Å²) in [5.74, 6) is 0.650. The fraction of sp³-hybridized carbons (Fsp3) is 0.0222. The maximum absolute atomic E-state index is 5.58. The zero-order valence-electron chi connectivity index (χ0n) is 26.6. The third-order valence-corrected chi connectivity index (χ3v) is 11.0. The second-order valence-electron chi connectivity index (χ2n) is 12.6. The fourth-order valence-electron chi connectivity index (χ4n) is 7.66. The summed E-state index contributed by atoms with van der Waals surface area (Å²) in [5, 5.41) is 8.14. The fourth-order valence-corrected chi connectivity index (χ4v) is 8.94. The van der Waals surface area contributed by atoms with Gasteiger partial charge < -0.3 is 0 Å². The number of hydrogen-bond donors (Lipinski definition) is 0. The van der Waals surface area contributed by atoms with Gasteiger partial charge >= 0.3 is 0 Å². The van der Waals surface area contributed by atoms with Gasteiger partial charge in [-0.1, -0.05) is 146 Å². The highest BCUT2D eigenvalue weighted by atomic mass is 32.1. The molecule has 0 atom stereocenters. The maximum Gasteiger partial charge on any atom is 0.235 e. The summed E-state index contributed by atoms with van der Waals surface area (Å²) >= 11 is 1.84. The van der Waals surface area contributed by atoms with Crippen LogP contribution in [0.5, 0.6) is 0 Å². The number of aromatic nitrogens is 3. The van der Waals surface area contributed by atoms with E-state index in [0.29, 0.717) is 5.95 Å². The van der Waals surface area contributed by atoms with Crippen LogP contribution in [0.1, 0.15) is 11.1 Å². The van der Waals surface area contributed by atoms with Crippen molar-refractivity contribution in [3.05, 3.63) is 169 Å². The van der Waals surface area contributed by atoms with Crippen LogP contribution in [0, 0.1) is 0 Å². The summed E-state index contributed by atoms with van der Waals surface area (Å²) in [6.45, 7) is 4.63. The summed E-state index contributed by atoms with van der Waals surface area (Å²) in [7, 11) is 0. The largest absolute Gasteiger partial charge is 0.276 e. The van der Waals surface area contributed by atoms with Crippen LogP contribution >= 0.6 is 11.3 Å². The number of rotatable bonds is 2. The molecule has 3 aromatic heterocycles. The molecule has 0 saturated heterocycles. The van der Waals surface area contributed by atoms with Crippen molar-refractivity contribution in [2.75, 3.05) is 0 Å². The molecule has 1 aliphatic rings. The molecule has 49 heavy (non-hydrogen) atoms. The lowest BCUT2D eigenvalue weighted by atomic mass is 9.94. The Morgan fingerprint density at radius 3 is 2.08 bits per heavy atom. The normalized spacial score (nSPS) is 14.4. The molecule has 0 N–H and O–H groups in total. The van der Waals surface area contributed by atoms with Gasteiger partial charge in [0.05, 0.1) is 27.3 Å². The van der Waals surface area contributed by atoms with Gasteiger partial charge in [-0.25, -0.2) is 9.97 Å². The topological polar surface area (TPSA) is 30.7 Å². The van der Waals surface area contributed by atoms with Crippen molar-refractivity contribution in [1.29, 1.82) is 0 Å². The van der Waals surface area contributed by atoms with E-state index in [0.717, 1.165) is 67.1 Å². The van der Waals surface area contributed by atoms with Gasteiger partial charge in [-0.05, 0) is 51.2 Å². The number of benzene rings is 6. The Hall–Kier alpha value is -6.10. The van der Waals surface area contributed by atoms with E-state index >= 15 is 0 Å². The van der Waals surface area contributed by atoms with E-state index in [4.69, 9.17) is 9.97 Å². The number of fused-ring (bicyclic) bond motifs is 13. The molecule has 0 unspecified atom stereocenters. The molecule has 0 spiro atoms. The van der Waals surface area contributed by atoms with Crippen LogP contribution < -0.4 is 0 Å². The Labute approximate surface area is 287 Å². The van der Waals surface area contributed by atoms with Crippen molar-refractivity contribution in [1.82, 2.24) is 14.5 Å². The first-order valence-corrected chi connectivity index (χ1v) is 17.4. The van der Waals surface area contributed by atoms with Gasteiger partial charge in [-0.2, -0.15) is 0 Å². The molecule has 6 aromatic carbocycles. The van der Waals surface area contributed by atoms with E-state index in [2.05, 4.69) is 163 Å². The highest BCUT2D eigenvalue weighted by Gasteiger charge is 2.28. The number of para-hydroxylation sites is 1. The number of thiophene rings is 1. The Balaban J connectivity index is 1.42. The van der Waals surface area contributed by atoms with E-state index in [1.54, 1.807) is 0 Å². The first-order chi connectivity index (χ1) is 24.3. The van der Waals surface area contributed by atoms with Crippen LogP contribution in [0.2, 0.25) is 0 Å². The molecule has 0 bridgehead atoms. The molecule has 0 saturated carbocycles. The minimum absolute atomic E-state index is 0.650. The molecule has 230 valence electrons. The van der Waals surface area contributed by atoms with Gasteiger partial charge in [-0.3, -0.25) is 4.57 Å². The SMILES string of the molecule is C=C1/C=C\C=C/Cc2c(sc3ccccc23)-c2c1c1ccccc1n2-c1nc(-c2ccccc2)c2c3ccccc3c3ccccc3c2n1. The molecule has 0 amide bonds. The van der Waals surface area contributed by atoms with Crippen LogP contribution in [-0.2, 0) is 6.42 Å². The lowest BCUT2D eigenvalue weighted by molar-refractivity contribution is 0.991. The predicted octanol–water partition coefficient (Wildman–Crippen LogP) is 12.1. The van der Waals surface area contributed by atoms with Gasteiger partial charge in [0.2, 0.25) is 5.95 Å². The molecule has 10 rings (SSSR count). The van der Waals surface area contributed by atoms with Gasteiger partial charge in [0.25, 0.3) is 0 Å². The number of nitrogens with zero attached hydrogens (tertiary/aromatic N) is 3. The highest BCUT2D eigenvalue weighted by molar-refractivity contribution is 7.22. The number of hydrogen-bond acceptors (Lipinski definition) is 3. The minimum atomic E-state index is 0.650. The molecule has 0 radical (unpaired) electrons. The average molecular weight is 644 g/mol. The maximum atomic E-state index is 5.58. The van der Waals surface area contributed by atoms with Crippen molar-refractivity contribution in [2.45, 2.75) is 6.42 Å². The molecule has 1 aliphatic carbocycles. The van der Waals surface area contributed by atoms with E-state index in [1.807, 2.05) is 11.3 Å². The smallest absolute Gasteiger partial charge is 0.235 e. The monoisotopic (exact) mass is 643 g/mol. The Bertz CT molecular complexity index is 2870. The van der Waals surface area contributed by atoms with Crippen LogP contribution in [-0.4, -0.2) is 14.5 Å². The zero-order chi connectivity index (χ0) is 32.5. The van der Waals surface area contributed by atoms with Gasteiger partial charge in [0.1, 0.15) is 0 Å². The second kappa shape index (κ2) is 11.0. The van der Waals surface area contributed by atoms with Crippen LogP contribution in [0.25, 0.3) is 86.8 Å². The van der Waals surface area contributed by atoms with E-state index in [9.17, 15) is 0 Å². The lowest BCUT2D eigenvalue weighted by Gasteiger charge is -2.17. The molecular formula is C45H29N3S. The molecular weight excluding hydrogens is 615 g/mol. The van der Waals surface area contributed by atoms with Gasteiger partial charge in [-0.15, -0.1) is 11.3 Å². The van der Waals surface area contributed by atoms with E-state index < -0.39 is 0 Å². The van der Waals surface area contributed by atoms with Crippen molar-refractivity contribution in [3.8, 4) is 27.8 Å². The summed E-state index contributed by atoms with van der Waals surface area (Å²) in [6, 6.07) is 45.2. The molecule has 9 aromatic rings. The van der Waals surface area contributed by atoms with E-state index in [-0.39, 0.29) is 0 Å². The zero-order valence-corrected chi connectivity index (χ0v) is 27.4. The predicted molar refractivity (Wildman–Crippen MR) is 209 cm³/mol. The Morgan fingerprint density at radius 2 is 1.27 bits per heavy atom. The van der Waals surface area contributed by atoms with Crippen LogP contribution in [0.15, 0.2) is 158 Å². The van der Waals surface area contributed by atoms with Crippen molar-refractivity contribution >= 4 is 70.3 Å². The molecule has 0 aliphatic heterocycles. The van der Waals surface area contributed by atoms with Crippen molar-refractivity contribution in [2.24, 2.45) is 0 Å². The summed E-state index contributed by atoms with van der Waals surface area (Å²) in [6.07, 6.45) is 9.44. The molecule has 4 heteroatoms. The third-order valence-electron chi connectivity index (χ3n) is 9.79. The van der Waals surface area contributed by atoms with Crippen LogP contribution in [0.4, 0.5) is 0 Å². The second-order valence-corrected chi connectivity index (χ2v) is 13.6. The minimum Gasteiger partial charge on any atom is -0.276 e. The molecule has 0 fully saturated rings. The summed E-state index contributed by atoms with van der Waals surface area (Å²) in [5.41, 5.74) is 8.46. The lowest BCUT2D eigenvalue weighted by Crippen LogP contribution is -2.06. The van der Waals surface area contributed by atoms with E-state index in [1.165, 1.54) is 31.3 Å². The average Bonchev–Trinajstić information content (AvgIpc) is 3.70. The standard InChI is InChI=1S/C45H29N3S/c1-28-16-4-2-7-24-35-32-21-13-15-27-38(32)49-44(35)43-39(28)36-25-12-14-26-37(36)48(43)45-46-41(29-17-5-3-6-18-29)40-33-22-10-8-19-30(33)31-20-9-11-23-34(31)42(40)47-45/h2-23,25-27H,1,24H2/b7-2-,16-4-. The highest BCUT2D eigenvalue weighted by Crippen LogP contribution is 2.48. The quantitative estimate of drug-likeness (QED) is 0.176. The number of allylic oxidation sites excluding steroid dienone is 5. The van der Waals surface area contributed by atoms with Gasteiger partial charge in [0.15, 0.2) is 0 Å². The first kappa shape index (κ1) is 28.0. The molecule has 3 nitrogen and oxygen atoms in total. The molecule has 3 heterocycles. The summed E-state index contributed by atoms with van der Waals surface area (Å²) < 4.78 is 3.57. The Morgan fingerprint density at radius 1 is 0.612 bits per heavy atom. The Kier molecular flexibility index (Phi) is 6.27.